The van der Waals surface area contributed by atoms with Gasteiger partial charge in [0.25, 0.3) is 0 Å². The van der Waals surface area contributed by atoms with E-state index >= 15 is 0 Å². The fraction of sp³-hybridized carbons (Fsp3) is 0.200. The topological polar surface area (TPSA) is 27.1 Å². The molecule has 0 aliphatic carbocycles. The number of rotatable bonds is 5. The molecule has 5 heteroatoms. The lowest BCUT2D eigenvalue weighted by molar-refractivity contribution is 0.423. The lowest BCUT2D eigenvalue weighted by Gasteiger charge is -2.40. The van der Waals surface area contributed by atoms with Crippen LogP contribution < -0.4 is 13.9 Å². The van der Waals surface area contributed by atoms with Crippen molar-refractivity contribution in [1.29, 1.82) is 0 Å². The van der Waals surface area contributed by atoms with E-state index in [-0.39, 0.29) is 10.8 Å². The van der Waals surface area contributed by atoms with Crippen LogP contribution >= 0.6 is 0 Å². The summed E-state index contributed by atoms with van der Waals surface area (Å²) in [5, 5.41) is 2.37. The number of ether oxygens (including phenoxy) is 1. The third-order valence-electron chi connectivity index (χ3n) is 10.6. The maximum Gasteiger partial charge on any atom is 0.225 e. The first-order chi connectivity index (χ1) is 23.9. The Hall–Kier alpha value is -5.23. The summed E-state index contributed by atoms with van der Waals surface area (Å²) in [5.74, 6) is 2.51. The third kappa shape index (κ3) is 4.36. The lowest BCUT2D eigenvalue weighted by atomic mass is 9.85. The number of pyridine rings is 1. The molecule has 0 amide bonds. The molecule has 2 aromatic heterocycles. The van der Waals surface area contributed by atoms with Crippen LogP contribution in [0.5, 0.6) is 11.5 Å². The van der Waals surface area contributed by atoms with Crippen LogP contribution in [0.2, 0.25) is 0 Å². The Morgan fingerprint density at radius 1 is 0.580 bits per heavy atom. The standard InChI is InChI=1S/C45H43N4O/c1-30-23-32(45(5,6)7)25-34(24-30)49-29-48(49,41-17-10-11-18-42(41)49)33-13-12-14-35(27-33)50-36-19-20-38-37-15-8-9-16-39(37)47(40(38)28-36)43-26-31(21-22-46-43)44(2,3)4/h8-29H,1-7H3/q+1/t48?,49-/m0/s1. The number of hydrogen-bond acceptors (Lipinski definition) is 2. The molecule has 0 N–H and O–H groups in total. The van der Waals surface area contributed by atoms with Gasteiger partial charge in [0.1, 0.15) is 17.3 Å². The molecule has 248 valence electrons. The minimum atomic E-state index is 0.0121. The molecule has 50 heavy (non-hydrogen) atoms. The summed E-state index contributed by atoms with van der Waals surface area (Å²) < 4.78 is 10.3. The van der Waals surface area contributed by atoms with Crippen LogP contribution in [0.3, 0.4) is 0 Å². The minimum Gasteiger partial charge on any atom is -0.457 e. The van der Waals surface area contributed by atoms with E-state index in [9.17, 15) is 0 Å². The molecule has 2 aliphatic rings. The Morgan fingerprint density at radius 3 is 2.02 bits per heavy atom. The van der Waals surface area contributed by atoms with E-state index in [1.54, 1.807) is 0 Å². The maximum atomic E-state index is 6.72. The second-order valence-corrected chi connectivity index (χ2v) is 16.1. The van der Waals surface area contributed by atoms with Crippen LogP contribution in [0.25, 0.3) is 27.6 Å². The fourth-order valence-corrected chi connectivity index (χ4v) is 8.01. The van der Waals surface area contributed by atoms with E-state index in [0.29, 0.717) is 9.18 Å². The van der Waals surface area contributed by atoms with Gasteiger partial charge in [-0.05, 0) is 70.8 Å². The number of nitrogens with zero attached hydrogens (tertiary/aromatic N) is 4. The highest BCUT2D eigenvalue weighted by atomic mass is 16.5. The van der Waals surface area contributed by atoms with Gasteiger partial charge in [-0.1, -0.05) is 84.0 Å². The van der Waals surface area contributed by atoms with Gasteiger partial charge < -0.3 is 4.74 Å². The largest absolute Gasteiger partial charge is 0.457 e. The molecule has 7 aromatic rings. The number of aromatic nitrogens is 2. The van der Waals surface area contributed by atoms with Crippen LogP contribution in [0.1, 0.15) is 58.2 Å². The lowest BCUT2D eigenvalue weighted by Crippen LogP contribution is -2.46. The summed E-state index contributed by atoms with van der Waals surface area (Å²) in [6, 6.07) is 43.9. The van der Waals surface area contributed by atoms with Crippen molar-refractivity contribution in [3.63, 3.8) is 0 Å². The average molecular weight is 656 g/mol. The summed E-state index contributed by atoms with van der Waals surface area (Å²) >= 11 is 0. The normalized spacial score (nSPS) is 19.6. The second-order valence-electron chi connectivity index (χ2n) is 16.1. The SMILES string of the molecule is Cc1cc(C(C)(C)C)cc([N@+]23[CH-][N+]2(c2cccc(Oc4ccc5c6ccccc6n(-c6cc(C(C)(C)C)ccn6)c5c4)c2)c2ccccc23)c1. The van der Waals surface area contributed by atoms with E-state index in [4.69, 9.17) is 9.72 Å². The highest BCUT2D eigenvalue weighted by Crippen LogP contribution is 2.75. The number of fused-ring (bicyclic) bond motifs is 7. The molecule has 0 bridgehead atoms. The zero-order valence-electron chi connectivity index (χ0n) is 29.9. The van der Waals surface area contributed by atoms with Gasteiger partial charge in [0.2, 0.25) is 11.4 Å². The predicted octanol–water partition coefficient (Wildman–Crippen LogP) is 12.2. The van der Waals surface area contributed by atoms with Crippen molar-refractivity contribution in [2.45, 2.75) is 59.3 Å². The predicted molar refractivity (Wildman–Crippen MR) is 207 cm³/mol. The van der Waals surface area contributed by atoms with Crippen molar-refractivity contribution in [2.75, 3.05) is 0 Å². The van der Waals surface area contributed by atoms with Gasteiger partial charge >= 0.3 is 0 Å². The molecular formula is C45H43N4O+. The Balaban J connectivity index is 1.12. The summed E-state index contributed by atoms with van der Waals surface area (Å²) in [6.07, 6.45) is 1.92. The molecule has 2 aliphatic heterocycles. The van der Waals surface area contributed by atoms with E-state index < -0.39 is 0 Å². The number of aryl methyl sites for hydroxylation is 1. The van der Waals surface area contributed by atoms with Gasteiger partial charge in [0.05, 0.1) is 11.0 Å². The van der Waals surface area contributed by atoms with Crippen molar-refractivity contribution in [2.24, 2.45) is 0 Å². The van der Waals surface area contributed by atoms with Gasteiger partial charge in [0, 0.05) is 59.4 Å². The molecule has 0 saturated carbocycles. The smallest absolute Gasteiger partial charge is 0.225 e. The monoisotopic (exact) mass is 655 g/mol. The van der Waals surface area contributed by atoms with Crippen molar-refractivity contribution in [1.82, 2.24) is 18.7 Å². The maximum absolute atomic E-state index is 6.72. The molecule has 2 atom stereocenters. The Bertz CT molecular complexity index is 2500. The van der Waals surface area contributed by atoms with Crippen LogP contribution in [-0.4, -0.2) is 9.55 Å². The van der Waals surface area contributed by atoms with Crippen molar-refractivity contribution >= 4 is 44.6 Å². The summed E-state index contributed by atoms with van der Waals surface area (Å²) in [4.78, 5) is 4.86. The number of benzene rings is 5. The Morgan fingerprint density at radius 2 is 1.26 bits per heavy atom. The molecule has 0 radical (unpaired) electrons. The first kappa shape index (κ1) is 30.8. The first-order valence-electron chi connectivity index (χ1n) is 17.6. The van der Waals surface area contributed by atoms with Gasteiger partial charge in [-0.3, -0.25) is 4.57 Å². The summed E-state index contributed by atoms with van der Waals surface area (Å²) in [6.45, 7) is 18.3. The molecule has 0 spiro atoms. The highest BCUT2D eigenvalue weighted by molar-refractivity contribution is 6.09. The van der Waals surface area contributed by atoms with E-state index in [1.165, 1.54) is 50.2 Å². The molecule has 9 rings (SSSR count). The van der Waals surface area contributed by atoms with Crippen molar-refractivity contribution in [3.8, 4) is 17.3 Å². The van der Waals surface area contributed by atoms with E-state index in [0.717, 1.165) is 28.4 Å². The van der Waals surface area contributed by atoms with E-state index in [2.05, 4.69) is 181 Å². The van der Waals surface area contributed by atoms with Crippen molar-refractivity contribution < 1.29 is 4.74 Å². The highest BCUT2D eigenvalue weighted by Gasteiger charge is 2.77. The van der Waals surface area contributed by atoms with Crippen LogP contribution in [0, 0.1) is 13.6 Å². The van der Waals surface area contributed by atoms with Crippen molar-refractivity contribution in [3.05, 3.63) is 151 Å². The number of para-hydroxylation sites is 3. The van der Waals surface area contributed by atoms with Crippen LogP contribution in [0.4, 0.5) is 22.7 Å². The summed E-state index contributed by atoms with van der Waals surface area (Å²) in [7, 11) is 0. The molecule has 5 aromatic carbocycles. The Labute approximate surface area is 294 Å². The number of hydrogen-bond donors (Lipinski definition) is 0. The molecule has 4 heterocycles. The van der Waals surface area contributed by atoms with Gasteiger partial charge in [-0.25, -0.2) is 4.98 Å². The van der Waals surface area contributed by atoms with Gasteiger partial charge in [-0.15, -0.1) is 0 Å². The molecular weight excluding hydrogens is 613 g/mol. The van der Waals surface area contributed by atoms with Crippen LogP contribution in [-0.2, 0) is 10.8 Å². The fourth-order valence-electron chi connectivity index (χ4n) is 8.01. The molecule has 1 saturated heterocycles. The molecule has 1 unspecified atom stereocenters. The zero-order valence-corrected chi connectivity index (χ0v) is 29.9. The molecule has 1 fully saturated rings. The summed E-state index contributed by atoms with van der Waals surface area (Å²) in [5.41, 5.74) is 11.3. The third-order valence-corrected chi connectivity index (χ3v) is 10.6. The molecule has 5 nitrogen and oxygen atoms in total. The zero-order chi connectivity index (χ0) is 34.6. The van der Waals surface area contributed by atoms with Gasteiger partial charge in [0.15, 0.2) is 18.0 Å². The van der Waals surface area contributed by atoms with E-state index in [1.807, 2.05) is 6.20 Å². The Kier molecular flexibility index (Phi) is 6.40. The number of quaternary nitrogens is 2. The average Bonchev–Trinajstić information content (AvgIpc) is 3.58. The first-order valence-corrected chi connectivity index (χ1v) is 17.6. The van der Waals surface area contributed by atoms with Gasteiger partial charge in [-0.2, -0.15) is 9.18 Å². The minimum absolute atomic E-state index is 0.0121. The quantitative estimate of drug-likeness (QED) is 0.105. The van der Waals surface area contributed by atoms with Crippen LogP contribution in [0.15, 0.2) is 128 Å². The second kappa shape index (κ2) is 10.4.